The number of halogens is 1. The first-order valence-electron chi connectivity index (χ1n) is 6.28. The van der Waals surface area contributed by atoms with E-state index in [1.807, 2.05) is 12.1 Å². The molecule has 4 nitrogen and oxygen atoms in total. The van der Waals surface area contributed by atoms with E-state index in [1.54, 1.807) is 36.7 Å². The van der Waals surface area contributed by atoms with Gasteiger partial charge in [0.2, 0.25) is 0 Å². The number of carbonyl (C=O) groups excluding carboxylic acids is 1. The van der Waals surface area contributed by atoms with E-state index in [1.165, 1.54) is 0 Å². The highest BCUT2D eigenvalue weighted by Gasteiger charge is 2.00. The zero-order valence-corrected chi connectivity index (χ0v) is 11.9. The molecular formula is C16H13ClN2O2. The molecule has 1 aromatic carbocycles. The lowest BCUT2D eigenvalue weighted by atomic mass is 10.2. The minimum absolute atomic E-state index is 0.0649. The summed E-state index contributed by atoms with van der Waals surface area (Å²) in [5.74, 6) is 6.08. The smallest absolute Gasteiger partial charge is 0.258 e. The predicted molar refractivity (Wildman–Crippen MR) is 81.1 cm³/mol. The summed E-state index contributed by atoms with van der Waals surface area (Å²) in [4.78, 5) is 15.4. The fourth-order valence-corrected chi connectivity index (χ4v) is 1.68. The third-order valence-electron chi connectivity index (χ3n) is 2.44. The molecule has 0 saturated carbocycles. The maximum absolute atomic E-state index is 11.5. The molecule has 5 heteroatoms. The normalized spacial score (nSPS) is 9.38. The van der Waals surface area contributed by atoms with Gasteiger partial charge in [-0.05, 0) is 30.3 Å². The van der Waals surface area contributed by atoms with Gasteiger partial charge < -0.3 is 10.1 Å². The first-order chi connectivity index (χ1) is 10.2. The van der Waals surface area contributed by atoms with Crippen molar-refractivity contribution in [3.05, 3.63) is 59.4 Å². The first-order valence-corrected chi connectivity index (χ1v) is 6.66. The summed E-state index contributed by atoms with van der Waals surface area (Å²) in [5.41, 5.74) is 0.809. The summed E-state index contributed by atoms with van der Waals surface area (Å²) in [6.07, 6.45) is 3.19. The molecule has 0 atom stereocenters. The van der Waals surface area contributed by atoms with Crippen LogP contribution in [0.4, 0.5) is 0 Å². The molecule has 106 valence electrons. The van der Waals surface area contributed by atoms with Crippen LogP contribution in [0, 0.1) is 11.8 Å². The van der Waals surface area contributed by atoms with Crippen LogP contribution < -0.4 is 10.1 Å². The molecule has 0 aliphatic carbocycles. The molecule has 0 bridgehead atoms. The average molecular weight is 301 g/mol. The standard InChI is InChI=1S/C16H13ClN2O2/c17-14-6-1-4-13(10-14)5-2-9-19-16(20)12-21-15-7-3-8-18-11-15/h1,3-4,6-8,10-11H,9,12H2,(H,19,20). The third-order valence-corrected chi connectivity index (χ3v) is 2.67. The minimum Gasteiger partial charge on any atom is -0.482 e. The Labute approximate surface area is 128 Å². The van der Waals surface area contributed by atoms with Crippen LogP contribution in [0.5, 0.6) is 5.75 Å². The molecule has 1 heterocycles. The molecule has 0 spiro atoms. The molecule has 1 aromatic heterocycles. The lowest BCUT2D eigenvalue weighted by Gasteiger charge is -2.04. The largest absolute Gasteiger partial charge is 0.482 e. The van der Waals surface area contributed by atoms with E-state index in [4.69, 9.17) is 16.3 Å². The number of benzene rings is 1. The summed E-state index contributed by atoms with van der Waals surface area (Å²) >= 11 is 5.85. The van der Waals surface area contributed by atoms with Crippen LogP contribution in [-0.2, 0) is 4.79 Å². The second kappa shape index (κ2) is 7.93. The zero-order chi connectivity index (χ0) is 14.9. The number of nitrogens with one attached hydrogen (secondary N) is 1. The molecule has 0 fully saturated rings. The van der Waals surface area contributed by atoms with Gasteiger partial charge in [0, 0.05) is 16.8 Å². The Morgan fingerprint density at radius 1 is 1.33 bits per heavy atom. The van der Waals surface area contributed by atoms with Gasteiger partial charge in [0.25, 0.3) is 5.91 Å². The number of nitrogens with zero attached hydrogens (tertiary/aromatic N) is 1. The second-order valence-electron chi connectivity index (χ2n) is 4.07. The highest BCUT2D eigenvalue weighted by atomic mass is 35.5. The van der Waals surface area contributed by atoms with Crippen molar-refractivity contribution in [2.45, 2.75) is 0 Å². The Balaban J connectivity index is 1.72. The Morgan fingerprint density at radius 2 is 2.24 bits per heavy atom. The molecule has 1 N–H and O–H groups in total. The summed E-state index contributed by atoms with van der Waals surface area (Å²) in [7, 11) is 0. The van der Waals surface area contributed by atoms with Crippen molar-refractivity contribution in [1.29, 1.82) is 0 Å². The van der Waals surface area contributed by atoms with Crippen LogP contribution >= 0.6 is 11.6 Å². The number of pyridine rings is 1. The zero-order valence-electron chi connectivity index (χ0n) is 11.2. The second-order valence-corrected chi connectivity index (χ2v) is 4.50. The van der Waals surface area contributed by atoms with Gasteiger partial charge in [-0.2, -0.15) is 0 Å². The van der Waals surface area contributed by atoms with Crippen LogP contribution in [0.15, 0.2) is 48.8 Å². The van der Waals surface area contributed by atoms with Crippen molar-refractivity contribution in [3.8, 4) is 17.6 Å². The number of hydrogen-bond acceptors (Lipinski definition) is 3. The van der Waals surface area contributed by atoms with Crippen LogP contribution in [0.2, 0.25) is 5.02 Å². The number of hydrogen-bond donors (Lipinski definition) is 1. The van der Waals surface area contributed by atoms with Crippen molar-refractivity contribution in [1.82, 2.24) is 10.3 Å². The quantitative estimate of drug-likeness (QED) is 0.881. The number of aromatic nitrogens is 1. The van der Waals surface area contributed by atoms with E-state index in [0.29, 0.717) is 10.8 Å². The highest BCUT2D eigenvalue weighted by Crippen LogP contribution is 2.09. The number of amides is 1. The van der Waals surface area contributed by atoms with Gasteiger partial charge in [0.1, 0.15) is 5.75 Å². The molecular weight excluding hydrogens is 288 g/mol. The summed E-state index contributed by atoms with van der Waals surface area (Å²) in [6, 6.07) is 10.7. The number of carbonyl (C=O) groups is 1. The SMILES string of the molecule is O=C(COc1cccnc1)NCC#Cc1cccc(Cl)c1. The fraction of sp³-hybridized carbons (Fsp3) is 0.125. The van der Waals surface area contributed by atoms with E-state index >= 15 is 0 Å². The third kappa shape index (κ3) is 5.55. The van der Waals surface area contributed by atoms with Crippen molar-refractivity contribution < 1.29 is 9.53 Å². The minimum atomic E-state index is -0.237. The monoisotopic (exact) mass is 300 g/mol. The Hall–Kier alpha value is -2.51. The molecule has 2 rings (SSSR count). The van der Waals surface area contributed by atoms with Gasteiger partial charge in [0.15, 0.2) is 6.61 Å². The van der Waals surface area contributed by atoms with Crippen LogP contribution in [0.25, 0.3) is 0 Å². The Bertz CT molecular complexity index is 663. The van der Waals surface area contributed by atoms with Crippen LogP contribution in [0.1, 0.15) is 5.56 Å². The molecule has 1 amide bonds. The van der Waals surface area contributed by atoms with Crippen LogP contribution in [-0.4, -0.2) is 24.0 Å². The van der Waals surface area contributed by atoms with Gasteiger partial charge in [-0.25, -0.2) is 0 Å². The predicted octanol–water partition coefficient (Wildman–Crippen LogP) is 2.28. The van der Waals surface area contributed by atoms with E-state index in [2.05, 4.69) is 22.1 Å². The summed E-state index contributed by atoms with van der Waals surface area (Å²) in [5, 5.41) is 3.28. The molecule has 21 heavy (non-hydrogen) atoms. The maximum Gasteiger partial charge on any atom is 0.258 e. The van der Waals surface area contributed by atoms with Gasteiger partial charge in [0.05, 0.1) is 12.7 Å². The van der Waals surface area contributed by atoms with Crippen LogP contribution in [0.3, 0.4) is 0 Å². The van der Waals surface area contributed by atoms with Gasteiger partial charge >= 0.3 is 0 Å². The average Bonchev–Trinajstić information content (AvgIpc) is 2.51. The summed E-state index contributed by atoms with van der Waals surface area (Å²) in [6.45, 7) is 0.187. The molecule has 0 aliphatic rings. The van der Waals surface area contributed by atoms with Crippen molar-refractivity contribution >= 4 is 17.5 Å². The Kier molecular flexibility index (Phi) is 5.62. The maximum atomic E-state index is 11.5. The first kappa shape index (κ1) is 14.9. The topological polar surface area (TPSA) is 51.2 Å². The molecule has 0 aliphatic heterocycles. The molecule has 2 aromatic rings. The van der Waals surface area contributed by atoms with E-state index in [0.717, 1.165) is 5.56 Å². The lowest BCUT2D eigenvalue weighted by molar-refractivity contribution is -0.122. The van der Waals surface area contributed by atoms with Gasteiger partial charge in [-0.15, -0.1) is 0 Å². The number of rotatable bonds is 4. The number of ether oxygens (including phenoxy) is 1. The highest BCUT2D eigenvalue weighted by molar-refractivity contribution is 6.30. The van der Waals surface area contributed by atoms with Crippen molar-refractivity contribution in [2.75, 3.05) is 13.2 Å². The molecule has 0 unspecified atom stereocenters. The summed E-state index contributed by atoms with van der Waals surface area (Å²) < 4.78 is 5.26. The van der Waals surface area contributed by atoms with Crippen molar-refractivity contribution in [2.24, 2.45) is 0 Å². The molecule has 0 radical (unpaired) electrons. The van der Waals surface area contributed by atoms with Crippen molar-refractivity contribution in [3.63, 3.8) is 0 Å². The van der Waals surface area contributed by atoms with E-state index in [9.17, 15) is 4.79 Å². The lowest BCUT2D eigenvalue weighted by Crippen LogP contribution is -2.29. The fourth-order valence-electron chi connectivity index (χ4n) is 1.49. The van der Waals surface area contributed by atoms with E-state index in [-0.39, 0.29) is 19.1 Å². The van der Waals surface area contributed by atoms with Gasteiger partial charge in [-0.3, -0.25) is 9.78 Å². The van der Waals surface area contributed by atoms with E-state index < -0.39 is 0 Å². The molecule has 0 saturated heterocycles. The Morgan fingerprint density at radius 3 is 3.00 bits per heavy atom. The van der Waals surface area contributed by atoms with Gasteiger partial charge in [-0.1, -0.05) is 29.5 Å².